The van der Waals surface area contributed by atoms with E-state index in [1.54, 1.807) is 25.3 Å². The van der Waals surface area contributed by atoms with Gasteiger partial charge in [0.05, 0.1) is 0 Å². The smallest absolute Gasteiger partial charge is 0.243 e. The Morgan fingerprint density at radius 2 is 2.00 bits per heavy atom. The van der Waals surface area contributed by atoms with E-state index in [-0.39, 0.29) is 12.5 Å². The molecule has 0 unspecified atom stereocenters. The van der Waals surface area contributed by atoms with Crippen molar-refractivity contribution in [3.05, 3.63) is 12.2 Å². The lowest BCUT2D eigenvalue weighted by molar-refractivity contribution is -0.127. The first-order chi connectivity index (χ1) is 13.4. The number of nitrogens with one attached hydrogen (secondary N) is 1. The number of aryl methyl sites for hydroxylation is 1. The zero-order valence-electron chi connectivity index (χ0n) is 18.1. The van der Waals surface area contributed by atoms with E-state index in [1.807, 2.05) is 0 Å². The fourth-order valence-electron chi connectivity index (χ4n) is 3.24. The third-order valence-corrected chi connectivity index (χ3v) is 4.81. The van der Waals surface area contributed by atoms with Crippen LogP contribution in [-0.4, -0.2) is 101 Å². The first kappa shape index (κ1) is 22.1. The maximum Gasteiger partial charge on any atom is 0.243 e. The van der Waals surface area contributed by atoms with Crippen LogP contribution in [0.5, 0.6) is 0 Å². The molecule has 0 bridgehead atoms. The van der Waals surface area contributed by atoms with Crippen LogP contribution in [0.1, 0.15) is 26.6 Å². The molecule has 1 aromatic heterocycles. The van der Waals surface area contributed by atoms with Crippen LogP contribution >= 0.6 is 0 Å². The van der Waals surface area contributed by atoms with E-state index < -0.39 is 0 Å². The molecule has 158 valence electrons. The molecule has 9 nitrogen and oxygen atoms in total. The van der Waals surface area contributed by atoms with E-state index in [2.05, 4.69) is 55.6 Å². The molecule has 28 heavy (non-hydrogen) atoms. The van der Waals surface area contributed by atoms with E-state index in [9.17, 15) is 4.79 Å². The Morgan fingerprint density at radius 1 is 1.29 bits per heavy atom. The Balaban J connectivity index is 1.95. The van der Waals surface area contributed by atoms with Crippen molar-refractivity contribution in [2.75, 3.05) is 59.9 Å². The van der Waals surface area contributed by atoms with Crippen molar-refractivity contribution < 1.29 is 4.79 Å². The minimum atomic E-state index is 0.00447. The van der Waals surface area contributed by atoms with Gasteiger partial charge in [-0.3, -0.25) is 9.69 Å². The Labute approximate surface area is 168 Å². The van der Waals surface area contributed by atoms with E-state index in [0.29, 0.717) is 12.5 Å². The number of nitrogens with zero attached hydrogens (tertiary/aromatic N) is 7. The van der Waals surface area contributed by atoms with Crippen LogP contribution < -0.4 is 5.32 Å². The maximum atomic E-state index is 12.0. The highest BCUT2D eigenvalue weighted by molar-refractivity contribution is 5.84. The average Bonchev–Trinajstić information content (AvgIpc) is 3.12. The Kier molecular flexibility index (Phi) is 8.69. The molecule has 1 N–H and O–H groups in total. The minimum absolute atomic E-state index is 0.00447. The summed E-state index contributed by atoms with van der Waals surface area (Å²) in [5, 5.41) is 11.5. The van der Waals surface area contributed by atoms with Crippen molar-refractivity contribution in [1.82, 2.24) is 34.8 Å². The molecule has 1 amide bonds. The third-order valence-electron chi connectivity index (χ3n) is 4.81. The highest BCUT2D eigenvalue weighted by Crippen LogP contribution is 2.06. The number of hydrogen-bond donors (Lipinski definition) is 1. The number of carbonyl (C=O) groups is 1. The third kappa shape index (κ3) is 6.78. The van der Waals surface area contributed by atoms with Gasteiger partial charge in [0, 0.05) is 66.3 Å². The number of guanidine groups is 1. The lowest BCUT2D eigenvalue weighted by atomic mass is 10.2. The largest absolute Gasteiger partial charge is 0.354 e. The number of likely N-dealkylation sites (N-methyl/N-ethyl adjacent to an activating group) is 1. The number of amides is 1. The first-order valence-corrected chi connectivity index (χ1v) is 10.2. The molecule has 1 aliphatic heterocycles. The van der Waals surface area contributed by atoms with Gasteiger partial charge in [-0.2, -0.15) is 0 Å². The summed E-state index contributed by atoms with van der Waals surface area (Å²) in [6, 6.07) is 0. The summed E-state index contributed by atoms with van der Waals surface area (Å²) in [4.78, 5) is 22.9. The molecule has 1 fully saturated rings. The summed E-state index contributed by atoms with van der Waals surface area (Å²) in [5.74, 6) is 2.47. The quantitative estimate of drug-likeness (QED) is 0.501. The van der Waals surface area contributed by atoms with Gasteiger partial charge in [-0.15, -0.1) is 10.2 Å². The molecule has 0 spiro atoms. The van der Waals surface area contributed by atoms with E-state index in [4.69, 9.17) is 0 Å². The van der Waals surface area contributed by atoms with Gasteiger partial charge in [-0.05, 0) is 5.92 Å². The Hall–Kier alpha value is -2.16. The standard InChI is InChI=1S/C19H36N8O/c1-6-17-23-22-15-27(17)8-7-20-19(21-13-18(28)24(4)5)26-11-9-25(10-12-26)14-16(2)3/h15-16H,6-14H2,1-5H3,(H,20,21). The van der Waals surface area contributed by atoms with Crippen molar-refractivity contribution in [2.45, 2.75) is 33.7 Å². The maximum absolute atomic E-state index is 12.0. The van der Waals surface area contributed by atoms with Crippen LogP contribution in [0.2, 0.25) is 0 Å². The van der Waals surface area contributed by atoms with Crippen LogP contribution in [0, 0.1) is 5.92 Å². The molecule has 0 aromatic carbocycles. The summed E-state index contributed by atoms with van der Waals surface area (Å²) in [6.45, 7) is 13.2. The SMILES string of the molecule is CCc1nncn1CCNC(=NCC(=O)N(C)C)N1CCN(CC(C)C)CC1. The Morgan fingerprint density at radius 3 is 2.61 bits per heavy atom. The number of rotatable bonds is 8. The molecule has 9 heteroatoms. The molecule has 0 saturated carbocycles. The topological polar surface area (TPSA) is 81.9 Å². The molecule has 1 aliphatic rings. The number of hydrogen-bond acceptors (Lipinski definition) is 5. The summed E-state index contributed by atoms with van der Waals surface area (Å²) >= 11 is 0. The number of carbonyl (C=O) groups excluding carboxylic acids is 1. The van der Waals surface area contributed by atoms with Crippen LogP contribution in [0.15, 0.2) is 11.3 Å². The second kappa shape index (κ2) is 11.0. The zero-order valence-corrected chi connectivity index (χ0v) is 18.1. The normalized spacial score (nSPS) is 15.9. The monoisotopic (exact) mass is 392 g/mol. The van der Waals surface area contributed by atoms with Gasteiger partial charge < -0.3 is 19.7 Å². The Bertz CT molecular complexity index is 632. The first-order valence-electron chi connectivity index (χ1n) is 10.2. The van der Waals surface area contributed by atoms with Crippen LogP contribution in [-0.2, 0) is 17.8 Å². The van der Waals surface area contributed by atoms with Crippen molar-refractivity contribution in [3.8, 4) is 0 Å². The van der Waals surface area contributed by atoms with Gasteiger partial charge in [0.1, 0.15) is 18.7 Å². The average molecular weight is 393 g/mol. The van der Waals surface area contributed by atoms with Crippen LogP contribution in [0.4, 0.5) is 0 Å². The van der Waals surface area contributed by atoms with Crippen LogP contribution in [0.3, 0.4) is 0 Å². The summed E-state index contributed by atoms with van der Waals surface area (Å²) in [6.07, 6.45) is 2.62. The van der Waals surface area contributed by atoms with Gasteiger partial charge in [0.15, 0.2) is 5.96 Å². The molecule has 2 rings (SSSR count). The molecule has 0 atom stereocenters. The number of aliphatic imine (C=N–C) groups is 1. The van der Waals surface area contributed by atoms with Gasteiger partial charge in [-0.1, -0.05) is 20.8 Å². The molecule has 2 heterocycles. The van der Waals surface area contributed by atoms with Gasteiger partial charge in [0.25, 0.3) is 0 Å². The highest BCUT2D eigenvalue weighted by atomic mass is 16.2. The van der Waals surface area contributed by atoms with E-state index in [1.165, 1.54) is 0 Å². The fourth-order valence-corrected chi connectivity index (χ4v) is 3.24. The second-order valence-corrected chi connectivity index (χ2v) is 7.83. The summed E-state index contributed by atoms with van der Waals surface area (Å²) in [5.41, 5.74) is 0. The summed E-state index contributed by atoms with van der Waals surface area (Å²) in [7, 11) is 3.52. The van der Waals surface area contributed by atoms with Gasteiger partial charge in [0.2, 0.25) is 5.91 Å². The van der Waals surface area contributed by atoms with Crippen molar-refractivity contribution in [1.29, 1.82) is 0 Å². The van der Waals surface area contributed by atoms with Crippen molar-refractivity contribution in [2.24, 2.45) is 10.9 Å². The number of aromatic nitrogens is 3. The molecule has 1 aromatic rings. The molecule has 1 saturated heterocycles. The van der Waals surface area contributed by atoms with Crippen molar-refractivity contribution in [3.63, 3.8) is 0 Å². The van der Waals surface area contributed by atoms with Gasteiger partial charge in [-0.25, -0.2) is 4.99 Å². The fraction of sp³-hybridized carbons (Fsp3) is 0.789. The van der Waals surface area contributed by atoms with Gasteiger partial charge >= 0.3 is 0 Å². The molecular formula is C19H36N8O. The van der Waals surface area contributed by atoms with Crippen LogP contribution in [0.25, 0.3) is 0 Å². The second-order valence-electron chi connectivity index (χ2n) is 7.83. The van der Waals surface area contributed by atoms with E-state index in [0.717, 1.165) is 57.5 Å². The highest BCUT2D eigenvalue weighted by Gasteiger charge is 2.20. The van der Waals surface area contributed by atoms with E-state index >= 15 is 0 Å². The zero-order chi connectivity index (χ0) is 20.5. The predicted molar refractivity (Wildman–Crippen MR) is 111 cm³/mol. The molecule has 0 radical (unpaired) electrons. The predicted octanol–water partition coefficient (Wildman–Crippen LogP) is 0.148. The lowest BCUT2D eigenvalue weighted by Crippen LogP contribution is -2.53. The molecule has 0 aliphatic carbocycles. The summed E-state index contributed by atoms with van der Waals surface area (Å²) < 4.78 is 2.05. The lowest BCUT2D eigenvalue weighted by Gasteiger charge is -2.37. The van der Waals surface area contributed by atoms with Crippen molar-refractivity contribution >= 4 is 11.9 Å². The number of piperazine rings is 1. The minimum Gasteiger partial charge on any atom is -0.354 e. The molecular weight excluding hydrogens is 356 g/mol.